The molecule has 1 unspecified atom stereocenters. The fourth-order valence-electron chi connectivity index (χ4n) is 1.84. The lowest BCUT2D eigenvalue weighted by atomic mass is 10.1. The van der Waals surface area contributed by atoms with Crippen molar-refractivity contribution < 1.29 is 19.7 Å². The van der Waals surface area contributed by atoms with E-state index in [-0.39, 0.29) is 23.5 Å². The first-order valence-corrected chi connectivity index (χ1v) is 6.73. The van der Waals surface area contributed by atoms with E-state index in [1.807, 2.05) is 0 Å². The van der Waals surface area contributed by atoms with Gasteiger partial charge in [-0.1, -0.05) is 15.9 Å². The van der Waals surface area contributed by atoms with Gasteiger partial charge in [-0.3, -0.25) is 4.79 Å². The number of hydrogen-bond donors (Lipinski definition) is 2. The van der Waals surface area contributed by atoms with Crippen molar-refractivity contribution in [1.29, 1.82) is 0 Å². The maximum atomic E-state index is 12.2. The molecule has 0 spiro atoms. The summed E-state index contributed by atoms with van der Waals surface area (Å²) in [5, 5.41) is 19.3. The van der Waals surface area contributed by atoms with E-state index >= 15 is 0 Å². The van der Waals surface area contributed by atoms with Crippen molar-refractivity contribution in [2.75, 3.05) is 25.0 Å². The summed E-state index contributed by atoms with van der Waals surface area (Å²) in [7, 11) is 0. The Morgan fingerprint density at radius 2 is 2.22 bits per heavy atom. The first-order valence-electron chi connectivity index (χ1n) is 5.60. The molecule has 1 aliphatic rings. The van der Waals surface area contributed by atoms with Crippen molar-refractivity contribution in [3.63, 3.8) is 0 Å². The minimum Gasteiger partial charge on any atom is -0.504 e. The molecule has 0 aliphatic carbocycles. The Balaban J connectivity index is 2.12. The largest absolute Gasteiger partial charge is 0.504 e. The van der Waals surface area contributed by atoms with Crippen LogP contribution in [0.5, 0.6) is 11.5 Å². The number of phenols is 2. The van der Waals surface area contributed by atoms with Gasteiger partial charge in [-0.2, -0.15) is 0 Å². The van der Waals surface area contributed by atoms with Gasteiger partial charge in [-0.05, 0) is 18.2 Å². The highest BCUT2D eigenvalue weighted by Crippen LogP contribution is 2.25. The Morgan fingerprint density at radius 3 is 2.89 bits per heavy atom. The van der Waals surface area contributed by atoms with Gasteiger partial charge in [0.2, 0.25) is 0 Å². The third-order valence-corrected chi connectivity index (χ3v) is 3.54. The molecule has 0 saturated carbocycles. The predicted octanol–water partition coefficient (Wildman–Crippen LogP) is 1.33. The van der Waals surface area contributed by atoms with Crippen LogP contribution in [0.2, 0.25) is 0 Å². The Bertz CT molecular complexity index is 452. The van der Waals surface area contributed by atoms with Gasteiger partial charge in [0.05, 0.1) is 12.7 Å². The van der Waals surface area contributed by atoms with E-state index in [9.17, 15) is 15.0 Å². The van der Waals surface area contributed by atoms with Gasteiger partial charge in [-0.15, -0.1) is 0 Å². The quantitative estimate of drug-likeness (QED) is 0.638. The van der Waals surface area contributed by atoms with E-state index in [0.29, 0.717) is 30.6 Å². The molecule has 1 aliphatic heterocycles. The number of amides is 1. The Hall–Kier alpha value is -1.27. The number of phenolic OH excluding ortho intramolecular Hbond substituents is 2. The second-order valence-corrected chi connectivity index (χ2v) is 4.75. The van der Waals surface area contributed by atoms with Crippen LogP contribution >= 0.6 is 15.9 Å². The van der Waals surface area contributed by atoms with E-state index in [1.165, 1.54) is 18.2 Å². The zero-order valence-corrected chi connectivity index (χ0v) is 11.3. The van der Waals surface area contributed by atoms with E-state index in [0.717, 1.165) is 0 Å². The minimum absolute atomic E-state index is 0.00610. The molecular formula is C12H14BrNO4. The molecule has 0 radical (unpaired) electrons. The monoisotopic (exact) mass is 315 g/mol. The number of rotatable bonds is 2. The first kappa shape index (κ1) is 13.2. The molecule has 0 bridgehead atoms. The van der Waals surface area contributed by atoms with Crippen LogP contribution in [0, 0.1) is 0 Å². The molecule has 1 aromatic rings. The Labute approximate surface area is 113 Å². The van der Waals surface area contributed by atoms with Gasteiger partial charge in [0, 0.05) is 24.0 Å². The maximum Gasteiger partial charge on any atom is 0.254 e. The molecule has 2 rings (SSSR count). The molecule has 2 N–H and O–H groups in total. The van der Waals surface area contributed by atoms with Crippen molar-refractivity contribution in [2.45, 2.75) is 6.10 Å². The average Bonchev–Trinajstić information content (AvgIpc) is 2.41. The molecular weight excluding hydrogens is 302 g/mol. The predicted molar refractivity (Wildman–Crippen MR) is 69.2 cm³/mol. The first-order chi connectivity index (χ1) is 8.61. The number of morpholine rings is 1. The van der Waals surface area contributed by atoms with Gasteiger partial charge >= 0.3 is 0 Å². The van der Waals surface area contributed by atoms with Crippen molar-refractivity contribution in [2.24, 2.45) is 0 Å². The smallest absolute Gasteiger partial charge is 0.254 e. The average molecular weight is 316 g/mol. The number of aromatic hydroxyl groups is 2. The molecule has 5 nitrogen and oxygen atoms in total. The molecule has 98 valence electrons. The van der Waals surface area contributed by atoms with Crippen molar-refractivity contribution in [1.82, 2.24) is 4.90 Å². The zero-order valence-electron chi connectivity index (χ0n) is 9.67. The van der Waals surface area contributed by atoms with Crippen LogP contribution in [-0.4, -0.2) is 52.2 Å². The summed E-state index contributed by atoms with van der Waals surface area (Å²) in [6.45, 7) is 1.56. The van der Waals surface area contributed by atoms with E-state index < -0.39 is 0 Å². The molecule has 0 aromatic heterocycles. The van der Waals surface area contributed by atoms with Crippen molar-refractivity contribution in [3.05, 3.63) is 23.8 Å². The lowest BCUT2D eigenvalue weighted by molar-refractivity contribution is -0.00966. The highest BCUT2D eigenvalue weighted by Gasteiger charge is 2.24. The van der Waals surface area contributed by atoms with E-state index in [2.05, 4.69) is 15.9 Å². The van der Waals surface area contributed by atoms with Crippen LogP contribution in [0.15, 0.2) is 18.2 Å². The molecule has 1 atom stereocenters. The Morgan fingerprint density at radius 1 is 1.44 bits per heavy atom. The number of alkyl halides is 1. The normalized spacial score (nSPS) is 19.8. The third kappa shape index (κ3) is 2.76. The number of ether oxygens (including phenoxy) is 1. The number of benzene rings is 1. The molecule has 1 saturated heterocycles. The molecule has 6 heteroatoms. The molecule has 1 heterocycles. The summed E-state index contributed by atoms with van der Waals surface area (Å²) >= 11 is 3.33. The summed E-state index contributed by atoms with van der Waals surface area (Å²) in [5.74, 6) is -0.683. The number of carbonyl (C=O) groups is 1. The van der Waals surface area contributed by atoms with Gasteiger partial charge in [0.15, 0.2) is 11.5 Å². The van der Waals surface area contributed by atoms with E-state index in [4.69, 9.17) is 4.74 Å². The van der Waals surface area contributed by atoms with Crippen molar-refractivity contribution in [3.8, 4) is 11.5 Å². The van der Waals surface area contributed by atoms with Crippen LogP contribution < -0.4 is 0 Å². The fraction of sp³-hybridized carbons (Fsp3) is 0.417. The van der Waals surface area contributed by atoms with E-state index in [1.54, 1.807) is 4.90 Å². The topological polar surface area (TPSA) is 70.0 Å². The molecule has 1 amide bonds. The van der Waals surface area contributed by atoms with Gasteiger partial charge in [0.1, 0.15) is 0 Å². The summed E-state index contributed by atoms with van der Waals surface area (Å²) in [6, 6.07) is 4.08. The number of hydrogen-bond acceptors (Lipinski definition) is 4. The summed E-state index contributed by atoms with van der Waals surface area (Å²) < 4.78 is 5.46. The highest BCUT2D eigenvalue weighted by atomic mass is 79.9. The third-order valence-electron chi connectivity index (χ3n) is 2.82. The lowest BCUT2D eigenvalue weighted by Crippen LogP contribution is -2.46. The van der Waals surface area contributed by atoms with Crippen LogP contribution in [0.4, 0.5) is 0 Å². The standard InChI is InChI=1S/C12H14BrNO4/c13-6-9-7-14(3-4-18-9)12(17)8-1-2-10(15)11(16)5-8/h1-2,5,9,15-16H,3-4,6-7H2. The van der Waals surface area contributed by atoms with Crippen LogP contribution in [0.1, 0.15) is 10.4 Å². The van der Waals surface area contributed by atoms with Gasteiger partial charge in [-0.25, -0.2) is 0 Å². The fourth-order valence-corrected chi connectivity index (χ4v) is 2.23. The summed E-state index contributed by atoms with van der Waals surface area (Å²) in [5.41, 5.74) is 0.362. The molecule has 1 fully saturated rings. The highest BCUT2D eigenvalue weighted by molar-refractivity contribution is 9.09. The second-order valence-electron chi connectivity index (χ2n) is 4.10. The van der Waals surface area contributed by atoms with Crippen molar-refractivity contribution >= 4 is 21.8 Å². The minimum atomic E-state index is -0.286. The SMILES string of the molecule is O=C(c1ccc(O)c(O)c1)N1CCOC(CBr)C1. The molecule has 1 aromatic carbocycles. The van der Waals surface area contributed by atoms with Gasteiger partial charge < -0.3 is 19.8 Å². The number of halogens is 1. The molecule has 18 heavy (non-hydrogen) atoms. The number of nitrogens with zero attached hydrogens (tertiary/aromatic N) is 1. The van der Waals surface area contributed by atoms with Crippen LogP contribution in [0.3, 0.4) is 0 Å². The zero-order chi connectivity index (χ0) is 13.1. The summed E-state index contributed by atoms with van der Waals surface area (Å²) in [6.07, 6.45) is -0.00610. The second kappa shape index (κ2) is 5.58. The van der Waals surface area contributed by atoms with Crippen LogP contribution in [0.25, 0.3) is 0 Å². The number of carbonyl (C=O) groups excluding carboxylic acids is 1. The van der Waals surface area contributed by atoms with Crippen LogP contribution in [-0.2, 0) is 4.74 Å². The maximum absolute atomic E-state index is 12.2. The lowest BCUT2D eigenvalue weighted by Gasteiger charge is -2.32. The summed E-state index contributed by atoms with van der Waals surface area (Å²) in [4.78, 5) is 13.9. The van der Waals surface area contributed by atoms with Gasteiger partial charge in [0.25, 0.3) is 5.91 Å². The Kier molecular flexibility index (Phi) is 4.08.